The van der Waals surface area contributed by atoms with Crippen LogP contribution in [-0.4, -0.2) is 18.5 Å². The molecule has 0 radical (unpaired) electrons. The number of fused-ring (bicyclic) bond motifs is 13. The van der Waals surface area contributed by atoms with Gasteiger partial charge in [0.05, 0.1) is 27.6 Å². The summed E-state index contributed by atoms with van der Waals surface area (Å²) in [5.74, 6) is 2.02. The Kier molecular flexibility index (Phi) is 8.52. The van der Waals surface area contributed by atoms with Crippen molar-refractivity contribution < 1.29 is 30.2 Å². The van der Waals surface area contributed by atoms with E-state index in [0.717, 1.165) is 66.2 Å². The van der Waals surface area contributed by atoms with Gasteiger partial charge in [-0.1, -0.05) is 117 Å². The number of ether oxygens (including phenoxy) is 1. The Morgan fingerprint density at radius 1 is 0.557 bits per heavy atom. The zero-order valence-corrected chi connectivity index (χ0v) is 35.9. The first kappa shape index (κ1) is 37.0. The second-order valence-corrected chi connectivity index (χ2v) is 16.5. The van der Waals surface area contributed by atoms with Crippen LogP contribution in [-0.2, 0) is 26.5 Å². The molecular weight excluding hydrogens is 930 g/mol. The molecule has 0 aliphatic heterocycles. The monoisotopic (exact) mass is 966 g/mol. The van der Waals surface area contributed by atoms with Crippen LogP contribution in [0.4, 0.5) is 0 Å². The van der Waals surface area contributed by atoms with Crippen molar-refractivity contribution in [3.05, 3.63) is 194 Å². The van der Waals surface area contributed by atoms with E-state index < -0.39 is 0 Å². The van der Waals surface area contributed by atoms with Crippen LogP contribution in [0.25, 0.3) is 87.8 Å². The molecule has 0 bridgehead atoms. The first-order valence-electron chi connectivity index (χ1n) is 20.3. The Morgan fingerprint density at radius 2 is 1.20 bits per heavy atom. The van der Waals surface area contributed by atoms with Crippen molar-refractivity contribution in [2.45, 2.75) is 26.2 Å². The maximum absolute atomic E-state index is 6.61. The normalized spacial score (nSPS) is 12.0. The predicted molar refractivity (Wildman–Crippen MR) is 243 cm³/mol. The van der Waals surface area contributed by atoms with E-state index in [-0.39, 0.29) is 26.5 Å². The van der Waals surface area contributed by atoms with Crippen LogP contribution in [0.3, 0.4) is 0 Å². The average Bonchev–Trinajstić information content (AvgIpc) is 3.97. The van der Waals surface area contributed by atoms with Gasteiger partial charge in [0, 0.05) is 66.6 Å². The van der Waals surface area contributed by atoms with Gasteiger partial charge in [-0.25, -0.2) is 4.98 Å². The maximum Gasteiger partial charge on any atom is 0.267 e. The molecule has 5 aromatic heterocycles. The van der Waals surface area contributed by atoms with Gasteiger partial charge in [-0.15, -0.1) is 29.7 Å². The van der Waals surface area contributed by atoms with Crippen molar-refractivity contribution in [1.29, 1.82) is 0 Å². The summed E-state index contributed by atoms with van der Waals surface area (Å²) in [6, 6.07) is 62.6. The van der Waals surface area contributed by atoms with E-state index in [1.54, 1.807) is 0 Å². The summed E-state index contributed by atoms with van der Waals surface area (Å²) in [6.07, 6.45) is 7.78. The Bertz CT molecular complexity index is 3760. The van der Waals surface area contributed by atoms with Crippen molar-refractivity contribution in [3.8, 4) is 23.0 Å². The molecule has 0 unspecified atom stereocenters. The molecular formula is C54H37N5OPt-2. The molecule has 0 spiro atoms. The fourth-order valence-corrected chi connectivity index (χ4v) is 9.07. The van der Waals surface area contributed by atoms with E-state index in [4.69, 9.17) is 9.72 Å². The van der Waals surface area contributed by atoms with Gasteiger partial charge in [0.15, 0.2) is 0 Å². The fraction of sp³-hybridized carbons (Fsp3) is 0.0741. The number of imidazole rings is 1. The van der Waals surface area contributed by atoms with Gasteiger partial charge in [-0.2, -0.15) is 18.2 Å². The zero-order chi connectivity index (χ0) is 40.1. The molecule has 61 heavy (non-hydrogen) atoms. The minimum atomic E-state index is -0.0235. The van der Waals surface area contributed by atoms with Crippen molar-refractivity contribution in [3.63, 3.8) is 0 Å². The van der Waals surface area contributed by atoms with Crippen LogP contribution in [0.5, 0.6) is 11.5 Å². The standard InChI is InChI=1S/C54H37N5O.Pt/c1-54(2,3)35-28-29-55-52(30-35)58-46-22-8-6-18-41(46)43-27-26-38(32-50(43)58)60-37-15-12-14-36(31-37)56-33-51-40-17-5-4-16-39(40)44-20-13-21-45-42-19-7-9-23-47(42)59(53(44)45)49-25-11-10-24-48(49)57(51)34-56;/h4-30,33H,1-3H3;/q-2;. The summed E-state index contributed by atoms with van der Waals surface area (Å²) < 4.78 is 15.4. The van der Waals surface area contributed by atoms with Crippen LogP contribution >= 0.6 is 0 Å². The molecule has 6 nitrogen and oxygen atoms in total. The van der Waals surface area contributed by atoms with Crippen LogP contribution in [0, 0.1) is 18.5 Å². The second-order valence-electron chi connectivity index (χ2n) is 16.5. The summed E-state index contributed by atoms with van der Waals surface area (Å²) in [5, 5.41) is 8.13. The molecule has 0 saturated carbocycles. The van der Waals surface area contributed by atoms with Gasteiger partial charge in [0.2, 0.25) is 0 Å². The van der Waals surface area contributed by atoms with E-state index in [0.29, 0.717) is 11.5 Å². The Labute approximate surface area is 366 Å². The molecule has 0 fully saturated rings. The molecule has 296 valence electrons. The van der Waals surface area contributed by atoms with Gasteiger partial charge < -0.3 is 18.3 Å². The average molecular weight is 967 g/mol. The van der Waals surface area contributed by atoms with Gasteiger partial charge in [0.25, 0.3) is 6.33 Å². The van der Waals surface area contributed by atoms with Crippen LogP contribution in [0.15, 0.2) is 170 Å². The number of pyridine rings is 1. The van der Waals surface area contributed by atoms with Gasteiger partial charge >= 0.3 is 0 Å². The van der Waals surface area contributed by atoms with E-state index in [1.165, 1.54) is 27.2 Å². The second kappa shape index (κ2) is 14.0. The van der Waals surface area contributed by atoms with Crippen LogP contribution in [0.1, 0.15) is 26.3 Å². The van der Waals surface area contributed by atoms with Crippen molar-refractivity contribution in [1.82, 2.24) is 18.5 Å². The predicted octanol–water partition coefficient (Wildman–Crippen LogP) is 12.6. The first-order chi connectivity index (χ1) is 29.4. The Hall–Kier alpha value is -7.01. The van der Waals surface area contributed by atoms with Gasteiger partial charge in [0.1, 0.15) is 5.82 Å². The molecule has 12 aromatic rings. The summed E-state index contributed by atoms with van der Waals surface area (Å²) in [4.78, 5) is 4.84. The van der Waals surface area contributed by atoms with Gasteiger partial charge in [-0.05, 0) is 69.2 Å². The van der Waals surface area contributed by atoms with Crippen molar-refractivity contribution in [2.75, 3.05) is 0 Å². The molecule has 5 heterocycles. The SMILES string of the molecule is CC(C)(C)c1ccnc(-n2c3[c-]c(Oc4[c-]c(-n5[c-][n+]6c(c5)c5ccccc5c5cccc7c8ccccc8n(c8ccccc86)c57)ccc4)ccc3c3ccccc32)c1.[Pt]. The summed E-state index contributed by atoms with van der Waals surface area (Å²) in [6.45, 7) is 6.67. The zero-order valence-electron chi connectivity index (χ0n) is 33.6. The number of rotatable bonds is 4. The topological polar surface area (TPSA) is 40.5 Å². The number of aromatic nitrogens is 5. The summed E-state index contributed by atoms with van der Waals surface area (Å²) >= 11 is 0. The quantitative estimate of drug-likeness (QED) is 0.130. The third-order valence-electron chi connectivity index (χ3n) is 11.9. The maximum atomic E-state index is 6.61. The van der Waals surface area contributed by atoms with E-state index >= 15 is 0 Å². The molecule has 7 heteroatoms. The molecule has 0 N–H and O–H groups in total. The minimum absolute atomic E-state index is 0. The molecule has 0 atom stereocenters. The summed E-state index contributed by atoms with van der Waals surface area (Å²) in [5.41, 5.74) is 9.44. The smallest absolute Gasteiger partial charge is 0.267 e. The fourth-order valence-electron chi connectivity index (χ4n) is 9.07. The molecule has 0 aliphatic rings. The van der Waals surface area contributed by atoms with E-state index in [9.17, 15) is 0 Å². The minimum Gasteiger partial charge on any atom is -0.510 e. The van der Waals surface area contributed by atoms with E-state index in [1.807, 2.05) is 35.0 Å². The number of para-hydroxylation sites is 5. The van der Waals surface area contributed by atoms with Crippen molar-refractivity contribution in [2.24, 2.45) is 0 Å². The third-order valence-corrected chi connectivity index (χ3v) is 11.9. The van der Waals surface area contributed by atoms with Crippen LogP contribution < -0.4 is 9.14 Å². The van der Waals surface area contributed by atoms with Crippen LogP contribution in [0.2, 0.25) is 0 Å². The van der Waals surface area contributed by atoms with Crippen molar-refractivity contribution >= 4 is 76.3 Å². The molecule has 7 aromatic carbocycles. The molecule has 0 amide bonds. The number of benzene rings is 7. The number of hydrogen-bond acceptors (Lipinski definition) is 2. The Morgan fingerprint density at radius 3 is 2.00 bits per heavy atom. The number of nitrogens with zero attached hydrogens (tertiary/aromatic N) is 5. The van der Waals surface area contributed by atoms with E-state index in [2.05, 4.69) is 192 Å². The Balaban J connectivity index is 0.00000420. The first-order valence-corrected chi connectivity index (χ1v) is 20.3. The molecule has 12 rings (SSSR count). The summed E-state index contributed by atoms with van der Waals surface area (Å²) in [7, 11) is 0. The third kappa shape index (κ3) is 5.81. The van der Waals surface area contributed by atoms with Gasteiger partial charge in [-0.3, -0.25) is 4.40 Å². The largest absolute Gasteiger partial charge is 0.510 e. The molecule has 0 saturated heterocycles. The molecule has 0 aliphatic carbocycles. The number of hydrogen-bond donors (Lipinski definition) is 0.